The highest BCUT2D eigenvalue weighted by atomic mass is 19.1. The maximum atomic E-state index is 14.7. The van der Waals surface area contributed by atoms with Crippen molar-refractivity contribution in [2.45, 2.75) is 32.4 Å². The van der Waals surface area contributed by atoms with Gasteiger partial charge in [-0.05, 0) is 44.5 Å². The van der Waals surface area contributed by atoms with E-state index in [1.165, 1.54) is 6.07 Å². The van der Waals surface area contributed by atoms with Crippen molar-refractivity contribution in [3.63, 3.8) is 0 Å². The molecule has 4 aromatic rings. The number of benzene rings is 2. The Labute approximate surface area is 225 Å². The van der Waals surface area contributed by atoms with Crippen LogP contribution in [0.2, 0.25) is 0 Å². The van der Waals surface area contributed by atoms with Crippen molar-refractivity contribution in [3.05, 3.63) is 48.0 Å². The van der Waals surface area contributed by atoms with Gasteiger partial charge in [0.05, 0.1) is 17.7 Å². The second-order valence-corrected chi connectivity index (χ2v) is 10.7. The summed E-state index contributed by atoms with van der Waals surface area (Å²) in [6, 6.07) is 7.40. The highest BCUT2D eigenvalue weighted by molar-refractivity contribution is 6.14. The molecule has 10 nitrogen and oxygen atoms in total. The first-order chi connectivity index (χ1) is 18.8. The first-order valence-corrected chi connectivity index (χ1v) is 13.4. The van der Waals surface area contributed by atoms with Gasteiger partial charge in [0.25, 0.3) is 5.91 Å². The Morgan fingerprint density at radius 3 is 2.79 bits per heavy atom. The summed E-state index contributed by atoms with van der Waals surface area (Å²) in [4.78, 5) is 25.3. The van der Waals surface area contributed by atoms with Crippen LogP contribution in [0.15, 0.2) is 36.7 Å². The van der Waals surface area contributed by atoms with E-state index in [9.17, 15) is 9.18 Å². The summed E-state index contributed by atoms with van der Waals surface area (Å²) in [6.45, 7) is 8.17. The molecule has 0 aliphatic carbocycles. The highest BCUT2D eigenvalue weighted by Gasteiger charge is 2.25. The van der Waals surface area contributed by atoms with Crippen LogP contribution in [0.1, 0.15) is 30.6 Å². The molecular formula is C28H33FN8O2. The first kappa shape index (κ1) is 25.4. The third-order valence-corrected chi connectivity index (χ3v) is 7.38. The van der Waals surface area contributed by atoms with E-state index in [2.05, 4.69) is 44.8 Å². The summed E-state index contributed by atoms with van der Waals surface area (Å²) in [6.07, 6.45) is 4.50. The van der Waals surface area contributed by atoms with Crippen LogP contribution < -0.4 is 20.9 Å². The predicted molar refractivity (Wildman–Crippen MR) is 150 cm³/mol. The largest absolute Gasteiger partial charge is 0.381 e. The highest BCUT2D eigenvalue weighted by Crippen LogP contribution is 2.31. The van der Waals surface area contributed by atoms with Gasteiger partial charge >= 0.3 is 0 Å². The number of hydrogen-bond acceptors (Lipinski definition) is 8. The first-order valence-electron chi connectivity index (χ1n) is 13.4. The molecule has 1 amide bonds. The summed E-state index contributed by atoms with van der Waals surface area (Å²) in [5.74, 6) is 0.00493. The number of carbonyl (C=O) groups excluding carboxylic acids is 1. The summed E-state index contributed by atoms with van der Waals surface area (Å²) in [7, 11) is 1.73. The van der Waals surface area contributed by atoms with Gasteiger partial charge in [0, 0.05) is 85.8 Å². The van der Waals surface area contributed by atoms with Gasteiger partial charge < -0.3 is 25.6 Å². The van der Waals surface area contributed by atoms with Crippen LogP contribution in [0.25, 0.3) is 21.8 Å². The van der Waals surface area contributed by atoms with Gasteiger partial charge in [-0.3, -0.25) is 9.48 Å². The van der Waals surface area contributed by atoms with Crippen molar-refractivity contribution >= 4 is 45.0 Å². The normalized spacial score (nSPS) is 21.5. The van der Waals surface area contributed by atoms with Gasteiger partial charge in [0.15, 0.2) is 5.82 Å². The maximum Gasteiger partial charge on any atom is 0.257 e. The van der Waals surface area contributed by atoms with Crippen LogP contribution in [0.4, 0.5) is 21.7 Å². The van der Waals surface area contributed by atoms with E-state index in [-0.39, 0.29) is 11.4 Å². The van der Waals surface area contributed by atoms with E-state index in [0.717, 1.165) is 43.8 Å². The van der Waals surface area contributed by atoms with Crippen molar-refractivity contribution in [3.8, 4) is 0 Å². The van der Waals surface area contributed by atoms with E-state index >= 15 is 0 Å². The van der Waals surface area contributed by atoms with Crippen molar-refractivity contribution < 1.29 is 13.9 Å². The number of hydrogen-bond donors (Lipinski definition) is 3. The van der Waals surface area contributed by atoms with Gasteiger partial charge in [0.2, 0.25) is 5.95 Å². The lowest BCUT2D eigenvalue weighted by Gasteiger charge is -2.38. The molecule has 11 heteroatoms. The zero-order valence-electron chi connectivity index (χ0n) is 22.4. The van der Waals surface area contributed by atoms with Gasteiger partial charge in [0.1, 0.15) is 5.52 Å². The number of anilines is 3. The van der Waals surface area contributed by atoms with Crippen LogP contribution in [0.5, 0.6) is 0 Å². The van der Waals surface area contributed by atoms with Crippen molar-refractivity contribution in [1.82, 2.24) is 25.1 Å². The number of nitrogens with zero attached hydrogens (tertiary/aromatic N) is 5. The lowest BCUT2D eigenvalue weighted by Crippen LogP contribution is -2.54. The van der Waals surface area contributed by atoms with Gasteiger partial charge in [-0.15, -0.1) is 0 Å². The van der Waals surface area contributed by atoms with Crippen molar-refractivity contribution in [2.24, 2.45) is 13.0 Å². The zero-order chi connectivity index (χ0) is 27.1. The summed E-state index contributed by atoms with van der Waals surface area (Å²) < 4.78 is 21.7. The molecular weight excluding hydrogens is 499 g/mol. The fourth-order valence-electron chi connectivity index (χ4n) is 5.64. The van der Waals surface area contributed by atoms with E-state index in [0.29, 0.717) is 52.6 Å². The molecule has 3 atom stereocenters. The molecule has 6 rings (SSSR count). The fraction of sp³-hybridized carbons (Fsp3) is 0.429. The third kappa shape index (κ3) is 5.24. The van der Waals surface area contributed by atoms with Crippen molar-refractivity contribution in [1.29, 1.82) is 0 Å². The lowest BCUT2D eigenvalue weighted by molar-refractivity contribution is 0.102. The Kier molecular flexibility index (Phi) is 6.78. The van der Waals surface area contributed by atoms with E-state index in [4.69, 9.17) is 9.72 Å². The molecule has 0 radical (unpaired) electrons. The molecule has 0 saturated carbocycles. The molecule has 39 heavy (non-hydrogen) atoms. The molecule has 2 saturated heterocycles. The molecule has 2 aromatic carbocycles. The number of rotatable bonds is 6. The standard InChI is InChI=1S/C28H33FN8O2/c1-16-12-37(13-17(2)32-16)24-5-4-21(26-22(24)11-31-28(34-26)30-10-18-6-7-39-15-18)27(38)33-20-8-19-14-36(3)35-25(19)23(29)9-20/h4-5,8-9,11,14,16-18,32H,6-7,10,12-13,15H2,1-3H3,(H,33,38)(H,30,31,34)/t16-,17-,18+/m0/s1. The molecule has 0 bridgehead atoms. The number of amides is 1. The van der Waals surface area contributed by atoms with E-state index in [1.54, 1.807) is 36.3 Å². The number of piperazine rings is 1. The van der Waals surface area contributed by atoms with Crippen LogP contribution in [0, 0.1) is 11.7 Å². The zero-order valence-corrected chi connectivity index (χ0v) is 22.4. The number of ether oxygens (including phenoxy) is 1. The number of aryl methyl sites for hydroxylation is 1. The quantitative estimate of drug-likeness (QED) is 0.346. The van der Waals surface area contributed by atoms with Gasteiger partial charge in [-0.1, -0.05) is 0 Å². The Morgan fingerprint density at radius 2 is 2.03 bits per heavy atom. The minimum absolute atomic E-state index is 0.265. The number of halogens is 1. The summed E-state index contributed by atoms with van der Waals surface area (Å²) in [5.41, 5.74) is 2.55. The van der Waals surface area contributed by atoms with E-state index in [1.807, 2.05) is 6.07 Å². The second-order valence-electron chi connectivity index (χ2n) is 10.7. The van der Waals surface area contributed by atoms with Crippen LogP contribution >= 0.6 is 0 Å². The Morgan fingerprint density at radius 1 is 1.21 bits per heavy atom. The van der Waals surface area contributed by atoms with Crippen LogP contribution in [0.3, 0.4) is 0 Å². The summed E-state index contributed by atoms with van der Waals surface area (Å²) in [5, 5.41) is 15.3. The monoisotopic (exact) mass is 532 g/mol. The summed E-state index contributed by atoms with van der Waals surface area (Å²) >= 11 is 0. The lowest BCUT2D eigenvalue weighted by atomic mass is 10.0. The molecule has 2 aliphatic rings. The Hall–Kier alpha value is -3.83. The average molecular weight is 533 g/mol. The van der Waals surface area contributed by atoms with Crippen LogP contribution in [-0.2, 0) is 11.8 Å². The molecule has 2 aliphatic heterocycles. The topological polar surface area (TPSA) is 109 Å². The minimum atomic E-state index is -0.491. The Balaban J connectivity index is 1.36. The molecule has 0 spiro atoms. The van der Waals surface area contributed by atoms with Crippen LogP contribution in [-0.4, -0.2) is 70.6 Å². The molecule has 204 valence electrons. The Bertz CT molecular complexity index is 1520. The molecule has 2 aromatic heterocycles. The maximum absolute atomic E-state index is 14.7. The number of fused-ring (bicyclic) bond motifs is 2. The molecule has 4 heterocycles. The average Bonchev–Trinajstić information content (AvgIpc) is 3.55. The van der Waals surface area contributed by atoms with Gasteiger partial charge in [-0.25, -0.2) is 14.4 Å². The number of nitrogens with one attached hydrogen (secondary N) is 3. The predicted octanol–water partition coefficient (Wildman–Crippen LogP) is 3.54. The van der Waals surface area contributed by atoms with Gasteiger partial charge in [-0.2, -0.15) is 5.10 Å². The molecule has 3 N–H and O–H groups in total. The number of aromatic nitrogens is 4. The molecule has 0 unspecified atom stereocenters. The number of carbonyl (C=O) groups is 1. The SMILES string of the molecule is C[C@H]1CN(c2ccc(C(=O)Nc3cc(F)c4nn(C)cc4c3)c3nc(NC[C@H]4CCOC4)ncc23)C[C@H](C)N1. The van der Waals surface area contributed by atoms with Crippen molar-refractivity contribution in [2.75, 3.05) is 48.4 Å². The molecule has 2 fully saturated rings. The third-order valence-electron chi connectivity index (χ3n) is 7.38. The smallest absolute Gasteiger partial charge is 0.257 e. The minimum Gasteiger partial charge on any atom is -0.381 e. The fourth-order valence-corrected chi connectivity index (χ4v) is 5.64. The second kappa shape index (κ2) is 10.4. The van der Waals surface area contributed by atoms with E-state index < -0.39 is 5.82 Å².